The molecule has 1 saturated heterocycles. The van der Waals surface area contributed by atoms with E-state index in [1.807, 2.05) is 13.8 Å². The van der Waals surface area contributed by atoms with Crippen LogP contribution in [0.1, 0.15) is 46.0 Å². The summed E-state index contributed by atoms with van der Waals surface area (Å²) >= 11 is 0. The van der Waals surface area contributed by atoms with Crippen molar-refractivity contribution < 1.29 is 9.59 Å². The molecule has 20 heavy (non-hydrogen) atoms. The molecule has 0 bridgehead atoms. The molecule has 2 fully saturated rings. The van der Waals surface area contributed by atoms with Crippen LogP contribution in [0, 0.1) is 11.8 Å². The monoisotopic (exact) mass is 281 g/mol. The summed E-state index contributed by atoms with van der Waals surface area (Å²) in [4.78, 5) is 25.7. The second kappa shape index (κ2) is 7.07. The lowest BCUT2D eigenvalue weighted by molar-refractivity contribution is -0.126. The van der Waals surface area contributed by atoms with Gasteiger partial charge in [0.15, 0.2) is 0 Å². The summed E-state index contributed by atoms with van der Waals surface area (Å²) in [5.74, 6) is 1.42. The normalized spacial score (nSPS) is 28.3. The van der Waals surface area contributed by atoms with Crippen LogP contribution in [0.3, 0.4) is 0 Å². The second-order valence-electron chi connectivity index (χ2n) is 6.11. The van der Waals surface area contributed by atoms with Gasteiger partial charge in [0.25, 0.3) is 0 Å². The van der Waals surface area contributed by atoms with Gasteiger partial charge in [-0.15, -0.1) is 0 Å². The van der Waals surface area contributed by atoms with Crippen LogP contribution in [0.4, 0.5) is 4.79 Å². The highest BCUT2D eigenvalue weighted by Gasteiger charge is 2.34. The molecule has 5 nitrogen and oxygen atoms in total. The highest BCUT2D eigenvalue weighted by Crippen LogP contribution is 2.36. The molecule has 0 spiro atoms. The lowest BCUT2D eigenvalue weighted by Gasteiger charge is -2.43. The minimum Gasteiger partial charge on any atom is -0.338 e. The Morgan fingerprint density at radius 3 is 2.60 bits per heavy atom. The average molecular weight is 281 g/mol. The number of likely N-dealkylation sites (tertiary alicyclic amines) is 1. The Hall–Kier alpha value is -1.10. The first-order valence-corrected chi connectivity index (χ1v) is 7.94. The Bertz CT molecular complexity index is 359. The molecule has 0 aromatic carbocycles. The van der Waals surface area contributed by atoms with Gasteiger partial charge in [-0.1, -0.05) is 19.3 Å². The molecule has 0 aromatic rings. The van der Waals surface area contributed by atoms with Gasteiger partial charge >= 0.3 is 6.03 Å². The average Bonchev–Trinajstić information content (AvgIpc) is 2.46. The topological polar surface area (TPSA) is 61.4 Å². The van der Waals surface area contributed by atoms with Crippen LogP contribution in [-0.2, 0) is 4.79 Å². The van der Waals surface area contributed by atoms with Crippen molar-refractivity contribution in [3.05, 3.63) is 0 Å². The first kappa shape index (κ1) is 15.3. The molecular formula is C15H27N3O2. The van der Waals surface area contributed by atoms with Gasteiger partial charge in [-0.2, -0.15) is 0 Å². The third-order valence-electron chi connectivity index (χ3n) is 4.82. The molecule has 2 aliphatic rings. The molecule has 1 saturated carbocycles. The number of nitrogens with zero attached hydrogens (tertiary/aromatic N) is 1. The largest absolute Gasteiger partial charge is 0.338 e. The van der Waals surface area contributed by atoms with Crippen molar-refractivity contribution in [1.29, 1.82) is 0 Å². The van der Waals surface area contributed by atoms with E-state index in [1.165, 1.54) is 32.1 Å². The molecule has 1 aliphatic carbocycles. The quantitative estimate of drug-likeness (QED) is 0.828. The Morgan fingerprint density at radius 2 is 1.90 bits per heavy atom. The van der Waals surface area contributed by atoms with Crippen molar-refractivity contribution in [2.24, 2.45) is 11.8 Å². The van der Waals surface area contributed by atoms with E-state index in [9.17, 15) is 9.59 Å². The van der Waals surface area contributed by atoms with Gasteiger partial charge in [0.2, 0.25) is 5.91 Å². The predicted molar refractivity (Wildman–Crippen MR) is 78.3 cm³/mol. The van der Waals surface area contributed by atoms with Gasteiger partial charge in [0, 0.05) is 13.1 Å². The van der Waals surface area contributed by atoms with E-state index in [0.29, 0.717) is 6.54 Å². The van der Waals surface area contributed by atoms with E-state index in [1.54, 1.807) is 0 Å². The number of hydrogen-bond donors (Lipinski definition) is 2. The van der Waals surface area contributed by atoms with Crippen molar-refractivity contribution in [3.63, 3.8) is 0 Å². The fourth-order valence-corrected chi connectivity index (χ4v) is 3.57. The summed E-state index contributed by atoms with van der Waals surface area (Å²) in [6.45, 7) is 6.25. The maximum atomic E-state index is 12.1. The van der Waals surface area contributed by atoms with Crippen molar-refractivity contribution in [2.75, 3.05) is 19.6 Å². The number of imide groups is 1. The standard InChI is InChI=1S/C15H27N3O2/c1-3-16-15(20)17-14(19)11(2)18-9-8-12-6-4-5-7-13(12)10-18/h11-13H,3-10H2,1-2H3,(H2,16,17,19,20)/t11-,12+,13-/m0/s1. The molecule has 3 amide bonds. The zero-order chi connectivity index (χ0) is 14.5. The molecule has 0 unspecified atom stereocenters. The third-order valence-corrected chi connectivity index (χ3v) is 4.82. The van der Waals surface area contributed by atoms with E-state index in [4.69, 9.17) is 0 Å². The van der Waals surface area contributed by atoms with Crippen LogP contribution in [0.5, 0.6) is 0 Å². The summed E-state index contributed by atoms with van der Waals surface area (Å²) in [7, 11) is 0. The molecule has 0 radical (unpaired) electrons. The zero-order valence-electron chi connectivity index (χ0n) is 12.7. The highest BCUT2D eigenvalue weighted by molar-refractivity contribution is 5.96. The predicted octanol–water partition coefficient (Wildman–Crippen LogP) is 1.73. The lowest BCUT2D eigenvalue weighted by Crippen LogP contribution is -2.53. The van der Waals surface area contributed by atoms with E-state index >= 15 is 0 Å². The first-order valence-electron chi connectivity index (χ1n) is 7.94. The second-order valence-corrected chi connectivity index (χ2v) is 6.11. The molecule has 1 aliphatic heterocycles. The molecule has 5 heteroatoms. The smallest absolute Gasteiger partial charge is 0.321 e. The summed E-state index contributed by atoms with van der Waals surface area (Å²) in [6.07, 6.45) is 6.55. The number of carbonyl (C=O) groups is 2. The number of nitrogens with one attached hydrogen (secondary N) is 2. The van der Waals surface area contributed by atoms with Gasteiger partial charge in [0.05, 0.1) is 6.04 Å². The van der Waals surface area contributed by atoms with Crippen LogP contribution in [0.15, 0.2) is 0 Å². The van der Waals surface area contributed by atoms with E-state index in [2.05, 4.69) is 15.5 Å². The Kier molecular flexibility index (Phi) is 5.40. The number of amides is 3. The third kappa shape index (κ3) is 3.72. The summed E-state index contributed by atoms with van der Waals surface area (Å²) in [5.41, 5.74) is 0. The maximum absolute atomic E-state index is 12.1. The maximum Gasteiger partial charge on any atom is 0.321 e. The molecule has 2 rings (SSSR count). The number of fused-ring (bicyclic) bond motifs is 1. The van der Waals surface area contributed by atoms with Crippen LogP contribution in [0.25, 0.3) is 0 Å². The molecular weight excluding hydrogens is 254 g/mol. The van der Waals surface area contributed by atoms with E-state index < -0.39 is 6.03 Å². The van der Waals surface area contributed by atoms with Gasteiger partial charge in [-0.05, 0) is 45.1 Å². The van der Waals surface area contributed by atoms with E-state index in [-0.39, 0.29) is 11.9 Å². The fraction of sp³-hybridized carbons (Fsp3) is 0.867. The van der Waals surface area contributed by atoms with Crippen LogP contribution >= 0.6 is 0 Å². The molecule has 3 atom stereocenters. The number of carbonyl (C=O) groups excluding carboxylic acids is 2. The first-order chi connectivity index (χ1) is 9.61. The fourth-order valence-electron chi connectivity index (χ4n) is 3.57. The van der Waals surface area contributed by atoms with Gasteiger partial charge < -0.3 is 5.32 Å². The molecule has 1 heterocycles. The number of piperidine rings is 1. The summed E-state index contributed by atoms with van der Waals surface area (Å²) in [6, 6.07) is -0.614. The summed E-state index contributed by atoms with van der Waals surface area (Å²) < 4.78 is 0. The number of hydrogen-bond acceptors (Lipinski definition) is 3. The molecule has 114 valence electrons. The van der Waals surface area contributed by atoms with Crippen molar-refractivity contribution >= 4 is 11.9 Å². The van der Waals surface area contributed by atoms with Gasteiger partial charge in [-0.3, -0.25) is 15.0 Å². The van der Waals surface area contributed by atoms with Crippen molar-refractivity contribution in [2.45, 2.75) is 52.0 Å². The zero-order valence-corrected chi connectivity index (χ0v) is 12.7. The molecule has 0 aromatic heterocycles. The SMILES string of the molecule is CCNC(=O)NC(=O)[C@H](C)N1CC[C@H]2CCCC[C@H]2C1. The minimum absolute atomic E-state index is 0.190. The van der Waals surface area contributed by atoms with Crippen molar-refractivity contribution in [3.8, 4) is 0 Å². The molecule has 2 N–H and O–H groups in total. The lowest BCUT2D eigenvalue weighted by atomic mass is 9.75. The van der Waals surface area contributed by atoms with Gasteiger partial charge in [0.1, 0.15) is 0 Å². The van der Waals surface area contributed by atoms with Gasteiger partial charge in [-0.25, -0.2) is 4.79 Å². The minimum atomic E-state index is -0.392. The van der Waals surface area contributed by atoms with Crippen LogP contribution in [-0.4, -0.2) is 42.5 Å². The number of urea groups is 1. The van der Waals surface area contributed by atoms with Crippen LogP contribution < -0.4 is 10.6 Å². The van der Waals surface area contributed by atoms with Crippen LogP contribution in [0.2, 0.25) is 0 Å². The Morgan fingerprint density at radius 1 is 1.20 bits per heavy atom. The van der Waals surface area contributed by atoms with Crippen molar-refractivity contribution in [1.82, 2.24) is 15.5 Å². The number of rotatable bonds is 3. The Balaban J connectivity index is 1.84. The highest BCUT2D eigenvalue weighted by atomic mass is 16.2. The Labute approximate surface area is 121 Å². The van der Waals surface area contributed by atoms with E-state index in [0.717, 1.165) is 24.9 Å². The summed E-state index contributed by atoms with van der Waals surface area (Å²) in [5, 5.41) is 5.01.